The quantitative estimate of drug-likeness (QED) is 0.535. The molecule has 0 radical (unpaired) electrons. The fourth-order valence-electron chi connectivity index (χ4n) is 2.94. The van der Waals surface area contributed by atoms with Crippen molar-refractivity contribution >= 4 is 22.5 Å². The molecule has 0 amide bonds. The van der Waals surface area contributed by atoms with E-state index in [0.29, 0.717) is 22.7 Å². The predicted molar refractivity (Wildman–Crippen MR) is 101 cm³/mol. The molecule has 8 heteroatoms. The third kappa shape index (κ3) is 3.40. The van der Waals surface area contributed by atoms with E-state index in [1.54, 1.807) is 24.0 Å². The van der Waals surface area contributed by atoms with E-state index in [0.717, 1.165) is 23.3 Å². The summed E-state index contributed by atoms with van der Waals surface area (Å²) in [5.74, 6) is 0.864. The van der Waals surface area contributed by atoms with Crippen LogP contribution < -0.4 is 5.32 Å². The maximum Gasteiger partial charge on any atom is 0.416 e. The molecule has 0 fully saturated rings. The molecule has 0 saturated carbocycles. The van der Waals surface area contributed by atoms with Gasteiger partial charge in [-0.1, -0.05) is 29.8 Å². The first-order valence-corrected chi connectivity index (χ1v) is 8.52. The standard InChI is InChI=1S/C20H16F3N5/c1-12-5-3-6-13(9-12)17-26-18(16-11-24-28(2)19(16)27-17)25-15-8-4-7-14(10-15)20(21,22)23/h3-11H,1-2H3,(H,25,26,27). The summed E-state index contributed by atoms with van der Waals surface area (Å²) in [5.41, 5.74) is 2.01. The molecule has 142 valence electrons. The van der Waals surface area contributed by atoms with Crippen LogP contribution in [0.15, 0.2) is 54.7 Å². The molecule has 2 heterocycles. The molecule has 0 spiro atoms. The molecule has 28 heavy (non-hydrogen) atoms. The summed E-state index contributed by atoms with van der Waals surface area (Å²) in [6.45, 7) is 1.97. The minimum absolute atomic E-state index is 0.286. The van der Waals surface area contributed by atoms with E-state index in [4.69, 9.17) is 0 Å². The molecule has 2 aromatic heterocycles. The first-order chi connectivity index (χ1) is 13.3. The van der Waals surface area contributed by atoms with Crippen LogP contribution in [-0.4, -0.2) is 19.7 Å². The number of hydrogen-bond donors (Lipinski definition) is 1. The second kappa shape index (κ2) is 6.63. The minimum atomic E-state index is -4.42. The Morgan fingerprint density at radius 2 is 1.79 bits per heavy atom. The number of nitrogens with one attached hydrogen (secondary N) is 1. The maximum absolute atomic E-state index is 13.0. The van der Waals surface area contributed by atoms with Gasteiger partial charge >= 0.3 is 6.18 Å². The van der Waals surface area contributed by atoms with Crippen molar-refractivity contribution in [2.75, 3.05) is 5.32 Å². The van der Waals surface area contributed by atoms with E-state index >= 15 is 0 Å². The summed E-state index contributed by atoms with van der Waals surface area (Å²) >= 11 is 0. The largest absolute Gasteiger partial charge is 0.416 e. The molecule has 4 aromatic rings. The Bertz CT molecular complexity index is 1160. The summed E-state index contributed by atoms with van der Waals surface area (Å²) in [5, 5.41) is 7.82. The fraction of sp³-hybridized carbons (Fsp3) is 0.150. The van der Waals surface area contributed by atoms with Gasteiger partial charge in [-0.15, -0.1) is 0 Å². The van der Waals surface area contributed by atoms with Gasteiger partial charge in [0.1, 0.15) is 5.82 Å². The third-order valence-corrected chi connectivity index (χ3v) is 4.32. The number of benzene rings is 2. The third-order valence-electron chi connectivity index (χ3n) is 4.32. The number of aromatic nitrogens is 4. The smallest absolute Gasteiger partial charge is 0.339 e. The molecule has 0 unspecified atom stereocenters. The zero-order chi connectivity index (χ0) is 19.9. The molecule has 4 rings (SSSR count). The van der Waals surface area contributed by atoms with Gasteiger partial charge in [0, 0.05) is 18.3 Å². The van der Waals surface area contributed by atoms with Crippen LogP contribution in [0.1, 0.15) is 11.1 Å². The van der Waals surface area contributed by atoms with Crippen molar-refractivity contribution in [3.8, 4) is 11.4 Å². The Hall–Kier alpha value is -3.42. The Kier molecular flexibility index (Phi) is 4.26. The number of aryl methyl sites for hydroxylation is 2. The van der Waals surface area contributed by atoms with Crippen molar-refractivity contribution < 1.29 is 13.2 Å². The van der Waals surface area contributed by atoms with Crippen LogP contribution in [0.3, 0.4) is 0 Å². The second-order valence-electron chi connectivity index (χ2n) is 6.47. The number of rotatable bonds is 3. The van der Waals surface area contributed by atoms with Crippen LogP contribution >= 0.6 is 0 Å². The highest BCUT2D eigenvalue weighted by atomic mass is 19.4. The molecule has 0 aliphatic rings. The summed E-state index contributed by atoms with van der Waals surface area (Å²) in [7, 11) is 1.75. The topological polar surface area (TPSA) is 55.6 Å². The zero-order valence-corrected chi connectivity index (χ0v) is 15.1. The Morgan fingerprint density at radius 3 is 2.54 bits per heavy atom. The highest BCUT2D eigenvalue weighted by Crippen LogP contribution is 2.32. The van der Waals surface area contributed by atoms with E-state index < -0.39 is 11.7 Å². The molecule has 0 saturated heterocycles. The summed E-state index contributed by atoms with van der Waals surface area (Å²) < 4.78 is 40.7. The van der Waals surface area contributed by atoms with Gasteiger partial charge in [-0.3, -0.25) is 4.68 Å². The van der Waals surface area contributed by atoms with Gasteiger partial charge in [-0.2, -0.15) is 18.3 Å². The van der Waals surface area contributed by atoms with Crippen LogP contribution in [0, 0.1) is 6.92 Å². The second-order valence-corrected chi connectivity index (χ2v) is 6.47. The molecule has 0 atom stereocenters. The number of anilines is 2. The first kappa shape index (κ1) is 18.0. The number of alkyl halides is 3. The molecule has 0 aliphatic heterocycles. The van der Waals surface area contributed by atoms with Crippen molar-refractivity contribution in [3.05, 3.63) is 65.9 Å². The zero-order valence-electron chi connectivity index (χ0n) is 15.1. The van der Waals surface area contributed by atoms with E-state index in [2.05, 4.69) is 20.4 Å². The van der Waals surface area contributed by atoms with Crippen LogP contribution in [-0.2, 0) is 13.2 Å². The SMILES string of the molecule is Cc1cccc(-c2nc(Nc3cccc(C(F)(F)F)c3)c3cnn(C)c3n2)c1. The monoisotopic (exact) mass is 383 g/mol. The Balaban J connectivity index is 1.83. The van der Waals surface area contributed by atoms with Crippen molar-refractivity contribution in [1.29, 1.82) is 0 Å². The lowest BCUT2D eigenvalue weighted by atomic mass is 10.1. The van der Waals surface area contributed by atoms with E-state index in [-0.39, 0.29) is 5.69 Å². The molecular weight excluding hydrogens is 367 g/mol. The number of hydrogen-bond acceptors (Lipinski definition) is 4. The van der Waals surface area contributed by atoms with Gasteiger partial charge in [0.05, 0.1) is 17.1 Å². The van der Waals surface area contributed by atoms with Crippen molar-refractivity contribution in [2.45, 2.75) is 13.1 Å². The lowest BCUT2D eigenvalue weighted by Gasteiger charge is -2.12. The van der Waals surface area contributed by atoms with Gasteiger partial charge in [0.25, 0.3) is 0 Å². The van der Waals surface area contributed by atoms with E-state index in [9.17, 15) is 13.2 Å². The van der Waals surface area contributed by atoms with E-state index in [1.165, 1.54) is 6.07 Å². The molecule has 0 bridgehead atoms. The van der Waals surface area contributed by atoms with Crippen LogP contribution in [0.25, 0.3) is 22.4 Å². The normalized spacial score (nSPS) is 11.8. The minimum Gasteiger partial charge on any atom is -0.339 e. The van der Waals surface area contributed by atoms with Gasteiger partial charge < -0.3 is 5.32 Å². The number of fused-ring (bicyclic) bond motifs is 1. The molecule has 1 N–H and O–H groups in total. The summed E-state index contributed by atoms with van der Waals surface area (Å²) in [4.78, 5) is 9.13. The molecule has 5 nitrogen and oxygen atoms in total. The highest BCUT2D eigenvalue weighted by molar-refractivity contribution is 5.90. The fourth-order valence-corrected chi connectivity index (χ4v) is 2.94. The Labute approximate surface area is 158 Å². The van der Waals surface area contributed by atoms with Gasteiger partial charge in [-0.05, 0) is 31.2 Å². The summed E-state index contributed by atoms with van der Waals surface area (Å²) in [6.07, 6.45) is -2.83. The molecule has 0 aliphatic carbocycles. The summed E-state index contributed by atoms with van der Waals surface area (Å²) in [6, 6.07) is 12.7. The predicted octanol–water partition coefficient (Wildman–Crippen LogP) is 5.10. The molecular formula is C20H16F3N5. The van der Waals surface area contributed by atoms with E-state index in [1.807, 2.05) is 31.2 Å². The average molecular weight is 383 g/mol. The maximum atomic E-state index is 13.0. The van der Waals surface area contributed by atoms with Crippen molar-refractivity contribution in [1.82, 2.24) is 19.7 Å². The lowest BCUT2D eigenvalue weighted by Crippen LogP contribution is -2.06. The van der Waals surface area contributed by atoms with Gasteiger partial charge in [0.2, 0.25) is 0 Å². The van der Waals surface area contributed by atoms with Crippen molar-refractivity contribution in [2.24, 2.45) is 7.05 Å². The lowest BCUT2D eigenvalue weighted by molar-refractivity contribution is -0.137. The van der Waals surface area contributed by atoms with Crippen LogP contribution in [0.2, 0.25) is 0 Å². The molecule has 2 aromatic carbocycles. The van der Waals surface area contributed by atoms with Crippen LogP contribution in [0.4, 0.5) is 24.7 Å². The van der Waals surface area contributed by atoms with Gasteiger partial charge in [-0.25, -0.2) is 9.97 Å². The van der Waals surface area contributed by atoms with Crippen molar-refractivity contribution in [3.63, 3.8) is 0 Å². The highest BCUT2D eigenvalue weighted by Gasteiger charge is 2.30. The number of halogens is 3. The first-order valence-electron chi connectivity index (χ1n) is 8.52. The van der Waals surface area contributed by atoms with Crippen LogP contribution in [0.5, 0.6) is 0 Å². The van der Waals surface area contributed by atoms with Gasteiger partial charge in [0.15, 0.2) is 11.5 Å². The number of nitrogens with zero attached hydrogens (tertiary/aromatic N) is 4. The average Bonchev–Trinajstić information content (AvgIpc) is 3.03. The Morgan fingerprint density at radius 1 is 1.00 bits per heavy atom.